The third-order valence-corrected chi connectivity index (χ3v) is 7.59. The number of anilines is 1. The number of aromatic nitrogens is 2. The lowest BCUT2D eigenvalue weighted by Gasteiger charge is -2.30. The van der Waals surface area contributed by atoms with Crippen LogP contribution in [0.15, 0.2) is 41.6 Å². The number of methoxy groups -OCH3 is 1. The van der Waals surface area contributed by atoms with Crippen LogP contribution in [0, 0.1) is 11.8 Å². The Hall–Kier alpha value is -3.76. The highest BCUT2D eigenvalue weighted by Gasteiger charge is 2.29. The zero-order valence-corrected chi connectivity index (χ0v) is 23.1. The van der Waals surface area contributed by atoms with Gasteiger partial charge in [-0.05, 0) is 50.7 Å². The highest BCUT2D eigenvalue weighted by molar-refractivity contribution is 7.90. The van der Waals surface area contributed by atoms with Gasteiger partial charge >= 0.3 is 6.18 Å². The predicted molar refractivity (Wildman–Crippen MR) is 145 cm³/mol. The molecule has 214 valence electrons. The lowest BCUT2D eigenvalue weighted by Crippen LogP contribution is -2.46. The molecule has 0 spiro atoms. The van der Waals surface area contributed by atoms with Crippen LogP contribution in [0.25, 0.3) is 11.0 Å². The molecule has 2 aromatic carbocycles. The molecule has 13 heteroatoms. The first-order valence-electron chi connectivity index (χ1n) is 12.5. The van der Waals surface area contributed by atoms with Crippen molar-refractivity contribution in [1.82, 2.24) is 19.8 Å². The van der Waals surface area contributed by atoms with E-state index in [1.807, 2.05) is 7.05 Å². The maximum Gasteiger partial charge on any atom is 0.406 e. The Morgan fingerprint density at radius 2 is 2.02 bits per heavy atom. The van der Waals surface area contributed by atoms with Crippen molar-refractivity contribution in [1.29, 1.82) is 0 Å². The van der Waals surface area contributed by atoms with Crippen molar-refractivity contribution in [2.75, 3.05) is 45.4 Å². The lowest BCUT2D eigenvalue weighted by molar-refractivity contribution is -0.139. The number of imidazole rings is 1. The van der Waals surface area contributed by atoms with Crippen molar-refractivity contribution in [3.8, 4) is 17.6 Å². The summed E-state index contributed by atoms with van der Waals surface area (Å²) in [5.74, 6) is 5.70. The number of hydrogen-bond acceptors (Lipinski definition) is 7. The maximum atomic E-state index is 13.2. The summed E-state index contributed by atoms with van der Waals surface area (Å²) in [6.45, 7) is 0.479. The zero-order chi connectivity index (χ0) is 29.1. The van der Waals surface area contributed by atoms with Crippen molar-refractivity contribution in [3.63, 3.8) is 0 Å². The summed E-state index contributed by atoms with van der Waals surface area (Å²) in [6.07, 6.45) is -0.562. The summed E-state index contributed by atoms with van der Waals surface area (Å²) in [6, 6.07) is 7.33. The first-order chi connectivity index (χ1) is 18.8. The molecule has 1 aromatic heterocycles. The van der Waals surface area contributed by atoms with E-state index in [4.69, 9.17) is 4.74 Å². The van der Waals surface area contributed by atoms with Crippen LogP contribution in [0.5, 0.6) is 5.75 Å². The first kappa shape index (κ1) is 29.2. The summed E-state index contributed by atoms with van der Waals surface area (Å²) >= 11 is 0. The molecule has 0 bridgehead atoms. The second-order valence-electron chi connectivity index (χ2n) is 9.74. The van der Waals surface area contributed by atoms with E-state index in [9.17, 15) is 26.4 Å². The number of likely N-dealkylation sites (tertiary alicyclic amines) is 1. The van der Waals surface area contributed by atoms with Crippen LogP contribution in [0.2, 0.25) is 0 Å². The monoisotopic (exact) mass is 577 g/mol. The van der Waals surface area contributed by atoms with Crippen molar-refractivity contribution >= 4 is 32.5 Å². The Kier molecular flexibility index (Phi) is 8.60. The molecule has 3 aromatic rings. The fourth-order valence-corrected chi connectivity index (χ4v) is 5.25. The van der Waals surface area contributed by atoms with Gasteiger partial charge in [-0.3, -0.25) is 4.79 Å². The molecule has 1 saturated heterocycles. The Morgan fingerprint density at radius 1 is 1.25 bits per heavy atom. The average Bonchev–Trinajstić information content (AvgIpc) is 3.26. The van der Waals surface area contributed by atoms with Crippen LogP contribution in [0.4, 0.5) is 18.9 Å². The highest BCUT2D eigenvalue weighted by Crippen LogP contribution is 2.28. The average molecular weight is 578 g/mol. The second-order valence-corrected chi connectivity index (χ2v) is 11.8. The number of benzene rings is 2. The molecule has 1 atom stereocenters. The molecule has 0 saturated carbocycles. The van der Waals surface area contributed by atoms with Crippen molar-refractivity contribution in [2.45, 2.75) is 36.5 Å². The molecule has 4 rings (SSSR count). The van der Waals surface area contributed by atoms with Gasteiger partial charge in [0.2, 0.25) is 0 Å². The van der Waals surface area contributed by atoms with E-state index in [0.717, 1.165) is 36.5 Å². The molecule has 9 nitrogen and oxygen atoms in total. The molecule has 0 aliphatic carbocycles. The van der Waals surface area contributed by atoms with Gasteiger partial charge in [0.05, 0.1) is 41.6 Å². The van der Waals surface area contributed by atoms with Crippen molar-refractivity contribution < 1.29 is 31.1 Å². The number of carbonyl (C=O) groups is 1. The number of nitrogens with one attached hydrogen (secondary N) is 2. The third kappa shape index (κ3) is 7.25. The summed E-state index contributed by atoms with van der Waals surface area (Å²) in [4.78, 5) is 19.6. The number of fused-ring (bicyclic) bond motifs is 1. The lowest BCUT2D eigenvalue weighted by atomic mass is 10.0. The molecule has 40 heavy (non-hydrogen) atoms. The third-order valence-electron chi connectivity index (χ3n) is 6.48. The summed E-state index contributed by atoms with van der Waals surface area (Å²) < 4.78 is 69.5. The number of rotatable bonds is 7. The molecule has 2 N–H and O–H groups in total. The van der Waals surface area contributed by atoms with E-state index in [1.165, 1.54) is 31.4 Å². The number of halogens is 3. The van der Waals surface area contributed by atoms with Gasteiger partial charge in [0.25, 0.3) is 5.91 Å². The van der Waals surface area contributed by atoms with Crippen LogP contribution in [-0.2, 0) is 16.4 Å². The predicted octanol–water partition coefficient (Wildman–Crippen LogP) is 3.30. The fourth-order valence-electron chi connectivity index (χ4n) is 4.61. The van der Waals surface area contributed by atoms with Crippen LogP contribution in [0.1, 0.15) is 28.8 Å². The molecule has 0 radical (unpaired) electrons. The van der Waals surface area contributed by atoms with Gasteiger partial charge in [0.1, 0.15) is 17.8 Å². The van der Waals surface area contributed by atoms with Crippen LogP contribution >= 0.6 is 0 Å². The number of hydrogen-bond donors (Lipinski definition) is 2. The zero-order valence-electron chi connectivity index (χ0n) is 22.3. The number of alkyl halides is 3. The Balaban J connectivity index is 1.60. The van der Waals surface area contributed by atoms with Crippen LogP contribution in [0.3, 0.4) is 0 Å². The molecule has 0 unspecified atom stereocenters. The molecule has 2 heterocycles. The standard InChI is InChI=1S/C27H30F3N5O4S/c1-34-11-5-7-19(15-34)33-26(36)21-12-18(13-23-25(21)32-17-35(23)16-27(28,29)30)6-4-10-31-22-9-8-20(40(3,37)38)14-24(22)39-2/h8-9,12-14,17,19,31H,5,7,10-11,15-16H2,1-3H3,(H,33,36)/t19-/m1/s1. The maximum absolute atomic E-state index is 13.2. The molecular formula is C27H30F3N5O4S. The van der Waals surface area contributed by atoms with Crippen molar-refractivity contribution in [2.24, 2.45) is 0 Å². The van der Waals surface area contributed by atoms with E-state index >= 15 is 0 Å². The number of ether oxygens (including phenoxy) is 1. The quantitative estimate of drug-likeness (QED) is 0.415. The van der Waals surface area contributed by atoms with Gasteiger partial charge in [-0.25, -0.2) is 13.4 Å². The van der Waals surface area contributed by atoms with Gasteiger partial charge in [-0.15, -0.1) is 0 Å². The molecular weight excluding hydrogens is 547 g/mol. The SMILES string of the molecule is COc1cc(S(C)(=O)=O)ccc1NCC#Cc1cc(C(=O)N[C@@H]2CCCN(C)C2)c2ncn(CC(F)(F)F)c2c1. The number of amides is 1. The van der Waals surface area contributed by atoms with E-state index in [0.29, 0.717) is 23.5 Å². The minimum absolute atomic E-state index is 0.0819. The molecule has 1 fully saturated rings. The van der Waals surface area contributed by atoms with Crippen LogP contribution in [-0.4, -0.2) is 81.0 Å². The summed E-state index contributed by atoms with van der Waals surface area (Å²) in [5.41, 5.74) is 1.34. The smallest absolute Gasteiger partial charge is 0.406 e. The number of nitrogens with zero attached hydrogens (tertiary/aromatic N) is 3. The van der Waals surface area contributed by atoms with Gasteiger partial charge in [0, 0.05) is 30.5 Å². The Labute approximate surface area is 230 Å². The van der Waals surface area contributed by atoms with Gasteiger partial charge in [-0.1, -0.05) is 11.8 Å². The highest BCUT2D eigenvalue weighted by atomic mass is 32.2. The number of piperidine rings is 1. The van der Waals surface area contributed by atoms with Gasteiger partial charge in [0.15, 0.2) is 9.84 Å². The fraction of sp³-hybridized carbons (Fsp3) is 0.407. The van der Waals surface area contributed by atoms with Crippen molar-refractivity contribution in [3.05, 3.63) is 47.8 Å². The summed E-state index contributed by atoms with van der Waals surface area (Å²) in [5, 5.41) is 6.03. The van der Waals surface area contributed by atoms with Gasteiger partial charge in [-0.2, -0.15) is 13.2 Å². The minimum Gasteiger partial charge on any atom is -0.495 e. The van der Waals surface area contributed by atoms with E-state index < -0.39 is 28.5 Å². The van der Waals surface area contributed by atoms with E-state index in [1.54, 1.807) is 6.07 Å². The number of sulfone groups is 1. The minimum atomic E-state index is -4.47. The second kappa shape index (κ2) is 11.8. The van der Waals surface area contributed by atoms with E-state index in [2.05, 4.69) is 32.4 Å². The Bertz CT molecular complexity index is 1570. The molecule has 1 aliphatic heterocycles. The largest absolute Gasteiger partial charge is 0.495 e. The normalized spacial score (nSPS) is 16.3. The van der Waals surface area contributed by atoms with E-state index in [-0.39, 0.29) is 34.1 Å². The Morgan fingerprint density at radius 3 is 2.70 bits per heavy atom. The molecule has 1 aliphatic rings. The first-order valence-corrected chi connectivity index (χ1v) is 14.4. The number of carbonyl (C=O) groups excluding carboxylic acids is 1. The number of likely N-dealkylation sites (N-methyl/N-ethyl adjacent to an activating group) is 1. The van der Waals surface area contributed by atoms with Crippen LogP contribution < -0.4 is 15.4 Å². The summed E-state index contributed by atoms with van der Waals surface area (Å²) in [7, 11) is -0.0338. The topological polar surface area (TPSA) is 106 Å². The molecule has 1 amide bonds. The van der Waals surface area contributed by atoms with Gasteiger partial charge < -0.3 is 24.8 Å².